The van der Waals surface area contributed by atoms with Crippen molar-refractivity contribution in [2.24, 2.45) is 0 Å². The van der Waals surface area contributed by atoms with E-state index in [-0.39, 0.29) is 35.5 Å². The Hall–Kier alpha value is -2.09. The number of ether oxygens (including phenoxy) is 1. The first-order valence-electron chi connectivity index (χ1n) is 8.27. The van der Waals surface area contributed by atoms with Gasteiger partial charge in [-0.2, -0.15) is 0 Å². The zero-order valence-electron chi connectivity index (χ0n) is 15.4. The highest BCUT2D eigenvalue weighted by atomic mass is 32.2. The molecule has 0 radical (unpaired) electrons. The molecule has 8 heteroatoms. The molecule has 0 bridgehead atoms. The summed E-state index contributed by atoms with van der Waals surface area (Å²) in [6.45, 7) is 6.96. The maximum atomic E-state index is 12.8. The highest BCUT2D eigenvalue weighted by molar-refractivity contribution is 8.01. The maximum absolute atomic E-state index is 12.8. The van der Waals surface area contributed by atoms with Crippen LogP contribution in [0.5, 0.6) is 0 Å². The van der Waals surface area contributed by atoms with Crippen molar-refractivity contribution < 1.29 is 23.5 Å². The van der Waals surface area contributed by atoms with Crippen molar-refractivity contribution in [3.8, 4) is 0 Å². The number of halogens is 1. The molecule has 1 aromatic rings. The second kappa shape index (κ2) is 10.2. The van der Waals surface area contributed by atoms with Crippen LogP contribution in [0.1, 0.15) is 34.1 Å². The van der Waals surface area contributed by atoms with Crippen molar-refractivity contribution in [3.63, 3.8) is 0 Å². The zero-order valence-corrected chi connectivity index (χ0v) is 16.2. The number of hydrogen-bond acceptors (Lipinski definition) is 5. The van der Waals surface area contributed by atoms with Crippen LogP contribution in [0.2, 0.25) is 0 Å². The molecule has 6 nitrogen and oxygen atoms in total. The van der Waals surface area contributed by atoms with Crippen molar-refractivity contribution in [1.29, 1.82) is 0 Å². The van der Waals surface area contributed by atoms with E-state index in [1.54, 1.807) is 6.92 Å². The van der Waals surface area contributed by atoms with Gasteiger partial charge in [-0.15, -0.1) is 11.8 Å². The summed E-state index contributed by atoms with van der Waals surface area (Å²) in [7, 11) is 0. The highest BCUT2D eigenvalue weighted by Crippen LogP contribution is 2.14. The third-order valence-corrected chi connectivity index (χ3v) is 4.75. The molecule has 0 aliphatic rings. The molecule has 1 rings (SSSR count). The average Bonchev–Trinajstić information content (AvgIpc) is 2.59. The average molecular weight is 384 g/mol. The van der Waals surface area contributed by atoms with E-state index in [0.29, 0.717) is 5.69 Å². The molecule has 0 heterocycles. The Balaban J connectivity index is 2.32. The van der Waals surface area contributed by atoms with E-state index in [2.05, 4.69) is 10.6 Å². The van der Waals surface area contributed by atoms with Crippen LogP contribution >= 0.6 is 11.8 Å². The third-order valence-electron chi connectivity index (χ3n) is 3.63. The van der Waals surface area contributed by atoms with Gasteiger partial charge in [0.2, 0.25) is 5.91 Å². The largest absolute Gasteiger partial charge is 0.455 e. The molecule has 26 heavy (non-hydrogen) atoms. The fourth-order valence-corrected chi connectivity index (χ4v) is 2.43. The van der Waals surface area contributed by atoms with Gasteiger partial charge in [-0.1, -0.05) is 6.92 Å². The highest BCUT2D eigenvalue weighted by Gasteiger charge is 2.21. The van der Waals surface area contributed by atoms with Crippen molar-refractivity contribution in [3.05, 3.63) is 30.1 Å². The molecule has 2 N–H and O–H groups in total. The SMILES string of the molecule is CCC(C)(C)NC(=O)COC(=O)C(C)SCC(=O)Nc1ccc(F)cc1. The van der Waals surface area contributed by atoms with E-state index in [1.807, 2.05) is 20.8 Å². The number of amides is 2. The fourth-order valence-electron chi connectivity index (χ4n) is 1.75. The number of benzene rings is 1. The molecule has 0 saturated heterocycles. The second-order valence-corrected chi connectivity index (χ2v) is 7.73. The molecular formula is C18H25FN2O4S. The van der Waals surface area contributed by atoms with Gasteiger partial charge in [-0.3, -0.25) is 14.4 Å². The van der Waals surface area contributed by atoms with Crippen LogP contribution < -0.4 is 10.6 Å². The molecule has 0 aromatic heterocycles. The number of esters is 1. The predicted molar refractivity (Wildman–Crippen MR) is 100 cm³/mol. The lowest BCUT2D eigenvalue weighted by Crippen LogP contribution is -2.45. The summed E-state index contributed by atoms with van der Waals surface area (Å²) in [5.74, 6) is -1.60. The Morgan fingerprint density at radius 3 is 2.38 bits per heavy atom. The molecule has 0 spiro atoms. The Labute approximate surface area is 157 Å². The van der Waals surface area contributed by atoms with Crippen molar-refractivity contribution in [2.45, 2.75) is 44.9 Å². The van der Waals surface area contributed by atoms with Crippen LogP contribution in [-0.2, 0) is 19.1 Å². The van der Waals surface area contributed by atoms with Gasteiger partial charge in [-0.25, -0.2) is 4.39 Å². The summed E-state index contributed by atoms with van der Waals surface area (Å²) < 4.78 is 17.8. The summed E-state index contributed by atoms with van der Waals surface area (Å²) in [6.07, 6.45) is 0.752. The fraction of sp³-hybridized carbons (Fsp3) is 0.500. The van der Waals surface area contributed by atoms with Crippen LogP contribution in [-0.4, -0.2) is 40.9 Å². The Bertz CT molecular complexity index is 635. The summed E-state index contributed by atoms with van der Waals surface area (Å²) >= 11 is 1.09. The van der Waals surface area contributed by atoms with Crippen LogP contribution in [0.25, 0.3) is 0 Å². The summed E-state index contributed by atoms with van der Waals surface area (Å²) in [5, 5.41) is 4.77. The molecular weight excluding hydrogens is 359 g/mol. The third kappa shape index (κ3) is 8.33. The molecule has 2 amide bonds. The molecule has 0 saturated carbocycles. The summed E-state index contributed by atoms with van der Waals surface area (Å²) in [4.78, 5) is 35.5. The molecule has 1 atom stereocenters. The zero-order chi connectivity index (χ0) is 19.7. The van der Waals surface area contributed by atoms with Gasteiger partial charge in [0.1, 0.15) is 11.1 Å². The van der Waals surface area contributed by atoms with Crippen LogP contribution in [0.15, 0.2) is 24.3 Å². The molecule has 0 fully saturated rings. The molecule has 1 aromatic carbocycles. The normalized spacial score (nSPS) is 12.2. The van der Waals surface area contributed by atoms with Gasteiger partial charge in [0.25, 0.3) is 5.91 Å². The van der Waals surface area contributed by atoms with E-state index in [0.717, 1.165) is 18.2 Å². The van der Waals surface area contributed by atoms with Crippen LogP contribution in [0.3, 0.4) is 0 Å². The standard InChI is InChI=1S/C18H25FN2O4S/c1-5-18(3,4)21-15(22)10-25-17(24)12(2)26-11-16(23)20-14-8-6-13(19)7-9-14/h6-9,12H,5,10-11H2,1-4H3,(H,20,23)(H,21,22). The monoisotopic (exact) mass is 384 g/mol. The maximum Gasteiger partial charge on any atom is 0.319 e. The summed E-state index contributed by atoms with van der Waals surface area (Å²) in [5.41, 5.74) is 0.116. The first kappa shape index (κ1) is 22.0. The van der Waals surface area contributed by atoms with Crippen molar-refractivity contribution in [2.75, 3.05) is 17.7 Å². The van der Waals surface area contributed by atoms with Crippen molar-refractivity contribution >= 4 is 35.2 Å². The van der Waals surface area contributed by atoms with Crippen LogP contribution in [0, 0.1) is 5.82 Å². The molecule has 0 aliphatic carbocycles. The quantitative estimate of drug-likeness (QED) is 0.640. The number of rotatable bonds is 9. The minimum Gasteiger partial charge on any atom is -0.455 e. The van der Waals surface area contributed by atoms with Gasteiger partial charge in [0.05, 0.1) is 5.75 Å². The second-order valence-electron chi connectivity index (χ2n) is 6.40. The minimum atomic E-state index is -0.596. The van der Waals surface area contributed by atoms with E-state index < -0.39 is 11.2 Å². The van der Waals surface area contributed by atoms with E-state index in [1.165, 1.54) is 24.3 Å². The van der Waals surface area contributed by atoms with Gasteiger partial charge in [-0.05, 0) is 51.5 Å². The van der Waals surface area contributed by atoms with Crippen molar-refractivity contribution in [1.82, 2.24) is 5.32 Å². The van der Waals surface area contributed by atoms with Gasteiger partial charge in [0, 0.05) is 11.2 Å². The predicted octanol–water partition coefficient (Wildman–Crippen LogP) is 2.73. The first-order valence-corrected chi connectivity index (χ1v) is 9.32. The van der Waals surface area contributed by atoms with Gasteiger partial charge < -0.3 is 15.4 Å². The van der Waals surface area contributed by atoms with Gasteiger partial charge >= 0.3 is 5.97 Å². The Kier molecular flexibility index (Phi) is 8.57. The van der Waals surface area contributed by atoms with E-state index in [9.17, 15) is 18.8 Å². The molecule has 1 unspecified atom stereocenters. The Morgan fingerprint density at radius 2 is 1.81 bits per heavy atom. The number of anilines is 1. The van der Waals surface area contributed by atoms with Crippen LogP contribution in [0.4, 0.5) is 10.1 Å². The lowest BCUT2D eigenvalue weighted by Gasteiger charge is -2.24. The number of hydrogen-bond donors (Lipinski definition) is 2. The topological polar surface area (TPSA) is 84.5 Å². The molecule has 144 valence electrons. The lowest BCUT2D eigenvalue weighted by atomic mass is 10.0. The van der Waals surface area contributed by atoms with Gasteiger partial charge in [0.15, 0.2) is 6.61 Å². The number of nitrogens with one attached hydrogen (secondary N) is 2. The lowest BCUT2D eigenvalue weighted by molar-refractivity contribution is -0.148. The smallest absolute Gasteiger partial charge is 0.319 e. The van der Waals surface area contributed by atoms with E-state index in [4.69, 9.17) is 4.74 Å². The van der Waals surface area contributed by atoms with E-state index >= 15 is 0 Å². The minimum absolute atomic E-state index is 0.0305. The number of thioether (sulfide) groups is 1. The molecule has 0 aliphatic heterocycles. The number of carbonyl (C=O) groups excluding carboxylic acids is 3. The Morgan fingerprint density at radius 1 is 1.19 bits per heavy atom. The summed E-state index contributed by atoms with van der Waals surface area (Å²) in [6, 6.07) is 5.39. The first-order chi connectivity index (χ1) is 12.1. The number of carbonyl (C=O) groups is 3.